The molecule has 1 aromatic rings. The molecule has 1 fully saturated rings. The van der Waals surface area contributed by atoms with E-state index >= 15 is 0 Å². The molecule has 2 rings (SSSR count). The first-order valence-electron chi connectivity index (χ1n) is 6.38. The summed E-state index contributed by atoms with van der Waals surface area (Å²) in [7, 11) is 0. The zero-order valence-electron chi connectivity index (χ0n) is 11.0. The van der Waals surface area contributed by atoms with Crippen molar-refractivity contribution in [1.82, 2.24) is 4.90 Å². The van der Waals surface area contributed by atoms with Crippen molar-refractivity contribution >= 4 is 40.9 Å². The molecule has 1 aromatic carbocycles. The van der Waals surface area contributed by atoms with Gasteiger partial charge < -0.3 is 10.6 Å². The highest BCUT2D eigenvalue weighted by Crippen LogP contribution is 2.24. The van der Waals surface area contributed by atoms with Gasteiger partial charge in [0.2, 0.25) is 0 Å². The van der Waals surface area contributed by atoms with Gasteiger partial charge >= 0.3 is 0 Å². The predicted octanol–water partition coefficient (Wildman–Crippen LogP) is 2.91. The number of piperidine rings is 1. The van der Waals surface area contributed by atoms with Crippen LogP contribution in [-0.2, 0) is 0 Å². The van der Waals surface area contributed by atoms with Crippen LogP contribution >= 0.6 is 35.0 Å². The maximum atomic E-state index is 12.5. The lowest BCUT2D eigenvalue weighted by Gasteiger charge is -2.38. The Balaban J connectivity index is 0.00000180. The molecule has 19 heavy (non-hydrogen) atoms. The largest absolute Gasteiger partial charge is 0.334 e. The standard InChI is InChI=1S/C14H19IN2O.ClH/c1-10-5-6-17(13(7-10)9-16)14(18)11-3-2-4-12(15)8-11;/h2-4,8,10,13H,5-7,9,16H2,1H3;1H. The summed E-state index contributed by atoms with van der Waals surface area (Å²) in [5.74, 6) is 0.786. The number of carbonyl (C=O) groups excluding carboxylic acids is 1. The van der Waals surface area contributed by atoms with Crippen molar-refractivity contribution in [2.24, 2.45) is 11.7 Å². The molecule has 0 bridgehead atoms. The predicted molar refractivity (Wildman–Crippen MR) is 88.7 cm³/mol. The number of hydrogen-bond donors (Lipinski definition) is 1. The monoisotopic (exact) mass is 394 g/mol. The second kappa shape index (κ2) is 7.45. The first-order valence-corrected chi connectivity index (χ1v) is 7.46. The quantitative estimate of drug-likeness (QED) is 0.784. The van der Waals surface area contributed by atoms with E-state index in [-0.39, 0.29) is 24.4 Å². The zero-order valence-corrected chi connectivity index (χ0v) is 14.0. The number of rotatable bonds is 2. The smallest absolute Gasteiger partial charge is 0.254 e. The van der Waals surface area contributed by atoms with E-state index in [9.17, 15) is 4.79 Å². The fourth-order valence-corrected chi connectivity index (χ4v) is 3.07. The summed E-state index contributed by atoms with van der Waals surface area (Å²) in [5.41, 5.74) is 6.58. The van der Waals surface area contributed by atoms with Gasteiger partial charge in [0, 0.05) is 28.3 Å². The Morgan fingerprint density at radius 2 is 2.26 bits per heavy atom. The highest BCUT2D eigenvalue weighted by atomic mass is 127. The van der Waals surface area contributed by atoms with Crippen LogP contribution in [0.5, 0.6) is 0 Å². The van der Waals surface area contributed by atoms with E-state index in [0.717, 1.165) is 28.5 Å². The van der Waals surface area contributed by atoms with Crippen molar-refractivity contribution in [1.29, 1.82) is 0 Å². The van der Waals surface area contributed by atoms with Gasteiger partial charge in [-0.3, -0.25) is 4.79 Å². The zero-order chi connectivity index (χ0) is 13.1. The second-order valence-corrected chi connectivity index (χ2v) is 6.27. The van der Waals surface area contributed by atoms with E-state index in [1.54, 1.807) is 0 Å². The molecule has 0 saturated carbocycles. The molecule has 2 unspecified atom stereocenters. The Kier molecular flexibility index (Phi) is 6.56. The third-order valence-electron chi connectivity index (χ3n) is 3.58. The minimum Gasteiger partial charge on any atom is -0.334 e. The Hall–Kier alpha value is -0.330. The number of amides is 1. The fraction of sp³-hybridized carbons (Fsp3) is 0.500. The van der Waals surface area contributed by atoms with E-state index in [1.807, 2.05) is 29.2 Å². The lowest BCUT2D eigenvalue weighted by molar-refractivity contribution is 0.0573. The molecule has 1 aliphatic heterocycles. The van der Waals surface area contributed by atoms with Crippen molar-refractivity contribution in [3.63, 3.8) is 0 Å². The van der Waals surface area contributed by atoms with Gasteiger partial charge in [0.1, 0.15) is 0 Å². The van der Waals surface area contributed by atoms with Gasteiger partial charge in [0.25, 0.3) is 5.91 Å². The molecule has 1 aliphatic rings. The van der Waals surface area contributed by atoms with Crippen LogP contribution < -0.4 is 5.73 Å². The maximum absolute atomic E-state index is 12.5. The van der Waals surface area contributed by atoms with Crippen molar-refractivity contribution in [3.05, 3.63) is 33.4 Å². The van der Waals surface area contributed by atoms with Crippen LogP contribution in [0.1, 0.15) is 30.1 Å². The van der Waals surface area contributed by atoms with Gasteiger partial charge in [0.05, 0.1) is 0 Å². The Labute approximate surface area is 134 Å². The van der Waals surface area contributed by atoms with Crippen LogP contribution in [0.25, 0.3) is 0 Å². The number of carbonyl (C=O) groups is 1. The summed E-state index contributed by atoms with van der Waals surface area (Å²) in [6.45, 7) is 3.61. The van der Waals surface area contributed by atoms with Gasteiger partial charge in [-0.1, -0.05) is 13.0 Å². The molecular formula is C14H20ClIN2O. The second-order valence-electron chi connectivity index (χ2n) is 5.03. The lowest BCUT2D eigenvalue weighted by Crippen LogP contribution is -2.49. The van der Waals surface area contributed by atoms with Crippen LogP contribution in [0.15, 0.2) is 24.3 Å². The van der Waals surface area contributed by atoms with Crippen molar-refractivity contribution in [2.75, 3.05) is 13.1 Å². The van der Waals surface area contributed by atoms with Crippen molar-refractivity contribution < 1.29 is 4.79 Å². The molecule has 3 nitrogen and oxygen atoms in total. The van der Waals surface area contributed by atoms with E-state index < -0.39 is 0 Å². The average Bonchev–Trinajstić information content (AvgIpc) is 2.37. The summed E-state index contributed by atoms with van der Waals surface area (Å²) in [4.78, 5) is 14.4. The Morgan fingerprint density at radius 1 is 1.53 bits per heavy atom. The highest BCUT2D eigenvalue weighted by Gasteiger charge is 2.29. The highest BCUT2D eigenvalue weighted by molar-refractivity contribution is 14.1. The van der Waals surface area contributed by atoms with E-state index in [1.165, 1.54) is 0 Å². The Morgan fingerprint density at radius 3 is 2.89 bits per heavy atom. The molecule has 1 saturated heterocycles. The molecule has 0 aliphatic carbocycles. The summed E-state index contributed by atoms with van der Waals surface area (Å²) >= 11 is 2.23. The molecule has 2 N–H and O–H groups in total. The maximum Gasteiger partial charge on any atom is 0.254 e. The molecule has 0 aromatic heterocycles. The molecular weight excluding hydrogens is 375 g/mol. The summed E-state index contributed by atoms with van der Waals surface area (Å²) in [6, 6.07) is 7.94. The normalized spacial score (nSPS) is 22.8. The molecule has 2 atom stereocenters. The van der Waals surface area contributed by atoms with Crippen LogP contribution in [-0.4, -0.2) is 29.9 Å². The van der Waals surface area contributed by atoms with Crippen LogP contribution in [0, 0.1) is 9.49 Å². The molecule has 1 heterocycles. The molecule has 106 valence electrons. The number of likely N-dealkylation sites (tertiary alicyclic amines) is 1. The van der Waals surface area contributed by atoms with Crippen molar-refractivity contribution in [3.8, 4) is 0 Å². The average molecular weight is 395 g/mol. The number of nitrogens with zero attached hydrogens (tertiary/aromatic N) is 1. The molecule has 5 heteroatoms. The number of halogens is 2. The lowest BCUT2D eigenvalue weighted by atomic mass is 9.92. The van der Waals surface area contributed by atoms with Gasteiger partial charge in [-0.25, -0.2) is 0 Å². The van der Waals surface area contributed by atoms with Gasteiger partial charge in [-0.15, -0.1) is 12.4 Å². The van der Waals surface area contributed by atoms with Crippen LogP contribution in [0.3, 0.4) is 0 Å². The molecule has 1 amide bonds. The topological polar surface area (TPSA) is 46.3 Å². The third-order valence-corrected chi connectivity index (χ3v) is 4.25. The fourth-order valence-electron chi connectivity index (χ4n) is 2.53. The van der Waals surface area contributed by atoms with E-state index in [0.29, 0.717) is 12.5 Å². The number of hydrogen-bond acceptors (Lipinski definition) is 2. The van der Waals surface area contributed by atoms with E-state index in [4.69, 9.17) is 5.73 Å². The summed E-state index contributed by atoms with van der Waals surface area (Å²) in [6.07, 6.45) is 2.10. The minimum absolute atomic E-state index is 0. The molecule has 0 spiro atoms. The minimum atomic E-state index is 0. The SMILES string of the molecule is CC1CCN(C(=O)c2cccc(I)c2)C(CN)C1.Cl. The molecule has 0 radical (unpaired) electrons. The third kappa shape index (κ3) is 4.07. The first-order chi connectivity index (χ1) is 8.61. The summed E-state index contributed by atoms with van der Waals surface area (Å²) in [5, 5.41) is 0. The number of benzene rings is 1. The number of nitrogens with two attached hydrogens (primary N) is 1. The first kappa shape index (κ1) is 16.7. The van der Waals surface area contributed by atoms with Crippen LogP contribution in [0.2, 0.25) is 0 Å². The van der Waals surface area contributed by atoms with Crippen molar-refractivity contribution in [2.45, 2.75) is 25.8 Å². The van der Waals surface area contributed by atoms with Gasteiger partial charge in [-0.2, -0.15) is 0 Å². The van der Waals surface area contributed by atoms with Crippen LogP contribution in [0.4, 0.5) is 0 Å². The van der Waals surface area contributed by atoms with Gasteiger partial charge in [0.15, 0.2) is 0 Å². The van der Waals surface area contributed by atoms with Gasteiger partial charge in [-0.05, 0) is 59.5 Å². The Bertz CT molecular complexity index is 441. The van der Waals surface area contributed by atoms with E-state index in [2.05, 4.69) is 29.5 Å². The summed E-state index contributed by atoms with van der Waals surface area (Å²) < 4.78 is 1.09.